The third-order valence-corrected chi connectivity index (χ3v) is 2.92. The van der Waals surface area contributed by atoms with E-state index in [-0.39, 0.29) is 10.6 Å². The molecule has 0 saturated carbocycles. The predicted molar refractivity (Wildman–Crippen MR) is 69.9 cm³/mol. The van der Waals surface area contributed by atoms with Crippen molar-refractivity contribution in [1.29, 1.82) is 0 Å². The number of benzene rings is 2. The Morgan fingerprint density at radius 1 is 1.00 bits per heavy atom. The van der Waals surface area contributed by atoms with Crippen LogP contribution in [-0.2, 0) is 0 Å². The van der Waals surface area contributed by atoms with Crippen LogP contribution in [0.4, 0.5) is 5.69 Å². The highest BCUT2D eigenvalue weighted by Gasteiger charge is 2.09. The lowest BCUT2D eigenvalue weighted by Crippen LogP contribution is -1.91. The molecule has 1 heterocycles. The quantitative estimate of drug-likeness (QED) is 0.506. The molecule has 0 spiro atoms. The first-order chi connectivity index (χ1) is 8.75. The SMILES string of the molecule is O=[N+]([O-])c1ccc2c(ccn2-c2ccccc2)c1. The summed E-state index contributed by atoms with van der Waals surface area (Å²) in [6.45, 7) is 0. The minimum Gasteiger partial charge on any atom is -0.317 e. The summed E-state index contributed by atoms with van der Waals surface area (Å²) < 4.78 is 2.01. The number of para-hydroxylation sites is 1. The first-order valence-corrected chi connectivity index (χ1v) is 5.56. The second-order valence-corrected chi connectivity index (χ2v) is 4.02. The molecular weight excluding hydrogens is 228 g/mol. The Morgan fingerprint density at radius 3 is 2.50 bits per heavy atom. The Bertz CT molecular complexity index is 717. The molecule has 18 heavy (non-hydrogen) atoms. The van der Waals surface area contributed by atoms with Crippen LogP contribution >= 0.6 is 0 Å². The van der Waals surface area contributed by atoms with Crippen LogP contribution in [-0.4, -0.2) is 9.49 Å². The largest absolute Gasteiger partial charge is 0.317 e. The molecule has 0 amide bonds. The van der Waals surface area contributed by atoms with Crippen LogP contribution in [0.5, 0.6) is 0 Å². The first-order valence-electron chi connectivity index (χ1n) is 5.56. The minimum atomic E-state index is -0.376. The normalized spacial score (nSPS) is 10.7. The van der Waals surface area contributed by atoms with E-state index in [1.807, 2.05) is 47.2 Å². The van der Waals surface area contributed by atoms with Gasteiger partial charge in [0.2, 0.25) is 0 Å². The van der Waals surface area contributed by atoms with Crippen LogP contribution in [0.15, 0.2) is 60.8 Å². The van der Waals surface area contributed by atoms with Gasteiger partial charge in [-0.2, -0.15) is 0 Å². The predicted octanol–water partition coefficient (Wildman–Crippen LogP) is 3.54. The Balaban J connectivity index is 2.19. The summed E-state index contributed by atoms with van der Waals surface area (Å²) >= 11 is 0. The summed E-state index contributed by atoms with van der Waals surface area (Å²) in [5.74, 6) is 0. The van der Waals surface area contributed by atoms with E-state index in [2.05, 4.69) is 0 Å². The molecule has 0 N–H and O–H groups in total. The molecule has 0 radical (unpaired) electrons. The zero-order valence-corrected chi connectivity index (χ0v) is 9.48. The van der Waals surface area contributed by atoms with Crippen LogP contribution in [0.25, 0.3) is 16.6 Å². The van der Waals surface area contributed by atoms with Gasteiger partial charge in [0, 0.05) is 29.4 Å². The zero-order valence-electron chi connectivity index (χ0n) is 9.48. The molecule has 1 aromatic heterocycles. The summed E-state index contributed by atoms with van der Waals surface area (Å²) in [4.78, 5) is 10.3. The summed E-state index contributed by atoms with van der Waals surface area (Å²) in [7, 11) is 0. The van der Waals surface area contributed by atoms with Crippen LogP contribution in [0.1, 0.15) is 0 Å². The molecule has 0 atom stereocenters. The standard InChI is InChI=1S/C14H10N2O2/c17-16(18)13-6-7-14-11(10-13)8-9-15(14)12-4-2-1-3-5-12/h1-10H. The molecule has 0 aliphatic rings. The molecule has 4 nitrogen and oxygen atoms in total. The van der Waals surface area contributed by atoms with Gasteiger partial charge < -0.3 is 4.57 Å². The molecule has 0 bridgehead atoms. The number of rotatable bonds is 2. The Kier molecular flexibility index (Phi) is 2.34. The molecule has 0 aliphatic heterocycles. The third-order valence-electron chi connectivity index (χ3n) is 2.92. The molecule has 2 aromatic carbocycles. The molecular formula is C14H10N2O2. The topological polar surface area (TPSA) is 48.1 Å². The van der Waals surface area contributed by atoms with Crippen LogP contribution in [0.3, 0.4) is 0 Å². The van der Waals surface area contributed by atoms with Crippen molar-refractivity contribution in [1.82, 2.24) is 4.57 Å². The van der Waals surface area contributed by atoms with Crippen molar-refractivity contribution in [3.8, 4) is 5.69 Å². The van der Waals surface area contributed by atoms with Crippen molar-refractivity contribution >= 4 is 16.6 Å². The maximum absolute atomic E-state index is 10.7. The van der Waals surface area contributed by atoms with Gasteiger partial charge in [-0.3, -0.25) is 10.1 Å². The van der Waals surface area contributed by atoms with Crippen molar-refractivity contribution in [2.45, 2.75) is 0 Å². The van der Waals surface area contributed by atoms with Gasteiger partial charge in [-0.05, 0) is 24.3 Å². The van der Waals surface area contributed by atoms with E-state index in [4.69, 9.17) is 0 Å². The first kappa shape index (κ1) is 10.5. The zero-order chi connectivity index (χ0) is 12.5. The lowest BCUT2D eigenvalue weighted by molar-refractivity contribution is -0.384. The third kappa shape index (κ3) is 1.64. The van der Waals surface area contributed by atoms with E-state index in [0.717, 1.165) is 16.6 Å². The number of non-ortho nitro benzene ring substituents is 1. The fraction of sp³-hybridized carbons (Fsp3) is 0. The minimum absolute atomic E-state index is 0.119. The molecule has 0 aliphatic carbocycles. The summed E-state index contributed by atoms with van der Waals surface area (Å²) in [5.41, 5.74) is 2.13. The van der Waals surface area contributed by atoms with Crippen LogP contribution < -0.4 is 0 Å². The summed E-state index contributed by atoms with van der Waals surface area (Å²) in [5, 5.41) is 11.6. The van der Waals surface area contributed by atoms with Crippen molar-refractivity contribution < 1.29 is 4.92 Å². The second-order valence-electron chi connectivity index (χ2n) is 4.02. The van der Waals surface area contributed by atoms with Gasteiger partial charge in [-0.15, -0.1) is 0 Å². The van der Waals surface area contributed by atoms with E-state index in [9.17, 15) is 10.1 Å². The average Bonchev–Trinajstić information content (AvgIpc) is 2.82. The second kappa shape index (κ2) is 4.00. The van der Waals surface area contributed by atoms with Crippen molar-refractivity contribution in [2.24, 2.45) is 0 Å². The smallest absolute Gasteiger partial charge is 0.270 e. The fourth-order valence-electron chi connectivity index (χ4n) is 2.06. The molecule has 0 unspecified atom stereocenters. The Labute approximate surface area is 103 Å². The monoisotopic (exact) mass is 238 g/mol. The number of hydrogen-bond acceptors (Lipinski definition) is 2. The highest BCUT2D eigenvalue weighted by molar-refractivity contribution is 5.84. The van der Waals surface area contributed by atoms with Gasteiger partial charge in [0.25, 0.3) is 5.69 Å². The number of nitro groups is 1. The van der Waals surface area contributed by atoms with Crippen LogP contribution in [0.2, 0.25) is 0 Å². The fourth-order valence-corrected chi connectivity index (χ4v) is 2.06. The lowest BCUT2D eigenvalue weighted by atomic mass is 10.2. The van der Waals surface area contributed by atoms with E-state index in [0.29, 0.717) is 0 Å². The van der Waals surface area contributed by atoms with Gasteiger partial charge in [0.15, 0.2) is 0 Å². The molecule has 0 saturated heterocycles. The molecule has 0 fully saturated rings. The maximum Gasteiger partial charge on any atom is 0.270 e. The van der Waals surface area contributed by atoms with Gasteiger partial charge in [-0.1, -0.05) is 18.2 Å². The number of nitro benzene ring substituents is 1. The summed E-state index contributed by atoms with van der Waals surface area (Å²) in [6.07, 6.45) is 1.92. The van der Waals surface area contributed by atoms with E-state index in [1.54, 1.807) is 12.1 Å². The summed E-state index contributed by atoms with van der Waals surface area (Å²) in [6, 6.07) is 16.7. The number of aromatic nitrogens is 1. The number of hydrogen-bond donors (Lipinski definition) is 0. The van der Waals surface area contributed by atoms with E-state index >= 15 is 0 Å². The van der Waals surface area contributed by atoms with E-state index in [1.165, 1.54) is 6.07 Å². The number of nitrogens with zero attached hydrogens (tertiary/aromatic N) is 2. The van der Waals surface area contributed by atoms with Crippen molar-refractivity contribution in [2.75, 3.05) is 0 Å². The van der Waals surface area contributed by atoms with Gasteiger partial charge in [-0.25, -0.2) is 0 Å². The molecule has 4 heteroatoms. The van der Waals surface area contributed by atoms with E-state index < -0.39 is 0 Å². The molecule has 3 aromatic rings. The molecule has 88 valence electrons. The highest BCUT2D eigenvalue weighted by Crippen LogP contribution is 2.24. The van der Waals surface area contributed by atoms with Crippen molar-refractivity contribution in [3.63, 3.8) is 0 Å². The highest BCUT2D eigenvalue weighted by atomic mass is 16.6. The molecule has 3 rings (SSSR count). The lowest BCUT2D eigenvalue weighted by Gasteiger charge is -2.04. The Hall–Kier alpha value is -2.62. The van der Waals surface area contributed by atoms with Gasteiger partial charge in [0.05, 0.1) is 10.4 Å². The maximum atomic E-state index is 10.7. The average molecular weight is 238 g/mol. The van der Waals surface area contributed by atoms with Crippen molar-refractivity contribution in [3.05, 3.63) is 70.9 Å². The van der Waals surface area contributed by atoms with Gasteiger partial charge >= 0.3 is 0 Å². The Morgan fingerprint density at radius 2 is 1.78 bits per heavy atom. The van der Waals surface area contributed by atoms with Gasteiger partial charge in [0.1, 0.15) is 0 Å². The van der Waals surface area contributed by atoms with Crippen LogP contribution in [0, 0.1) is 10.1 Å². The number of fused-ring (bicyclic) bond motifs is 1.